The van der Waals surface area contributed by atoms with Crippen molar-refractivity contribution in [3.8, 4) is 0 Å². The van der Waals surface area contributed by atoms with Crippen LogP contribution in [0.25, 0.3) is 0 Å². The van der Waals surface area contributed by atoms with Crippen molar-refractivity contribution in [2.75, 3.05) is 5.32 Å². The Morgan fingerprint density at radius 2 is 1.70 bits per heavy atom. The second kappa shape index (κ2) is 6.04. The summed E-state index contributed by atoms with van der Waals surface area (Å²) in [7, 11) is 0. The van der Waals surface area contributed by atoms with E-state index >= 15 is 0 Å². The van der Waals surface area contributed by atoms with Gasteiger partial charge in [-0.15, -0.1) is 0 Å². The van der Waals surface area contributed by atoms with Crippen molar-refractivity contribution >= 4 is 46.4 Å². The molecule has 2 rings (SSSR count). The standard InChI is InChI=1S/C15H12Cl3NO/c1-8-5-9(2)14(13(18)6-8)19-15(20)11-4-3-10(16)7-12(11)17/h3-7H,1-2H3,(H,19,20). The van der Waals surface area contributed by atoms with Crippen molar-refractivity contribution in [1.29, 1.82) is 0 Å². The number of amides is 1. The quantitative estimate of drug-likeness (QED) is 0.773. The van der Waals surface area contributed by atoms with E-state index in [-0.39, 0.29) is 5.91 Å². The molecule has 20 heavy (non-hydrogen) atoms. The van der Waals surface area contributed by atoms with Crippen molar-refractivity contribution in [3.05, 3.63) is 62.1 Å². The Bertz CT molecular complexity index is 660. The summed E-state index contributed by atoms with van der Waals surface area (Å²) in [6.45, 7) is 3.83. The Kier molecular flexibility index (Phi) is 4.59. The Balaban J connectivity index is 2.33. The van der Waals surface area contributed by atoms with E-state index in [1.807, 2.05) is 19.9 Å². The van der Waals surface area contributed by atoms with Gasteiger partial charge in [-0.25, -0.2) is 0 Å². The molecule has 0 saturated heterocycles. The number of aryl methyl sites for hydroxylation is 2. The van der Waals surface area contributed by atoms with Crippen molar-refractivity contribution in [2.45, 2.75) is 13.8 Å². The van der Waals surface area contributed by atoms with Crippen LogP contribution >= 0.6 is 34.8 Å². The molecule has 0 atom stereocenters. The first-order valence-electron chi connectivity index (χ1n) is 5.91. The van der Waals surface area contributed by atoms with Crippen LogP contribution in [-0.2, 0) is 0 Å². The number of hydrogen-bond donors (Lipinski definition) is 1. The van der Waals surface area contributed by atoms with Crippen LogP contribution in [0.15, 0.2) is 30.3 Å². The van der Waals surface area contributed by atoms with Crippen molar-refractivity contribution in [2.24, 2.45) is 0 Å². The van der Waals surface area contributed by atoms with Gasteiger partial charge in [0.2, 0.25) is 0 Å². The summed E-state index contributed by atoms with van der Waals surface area (Å²) in [5.74, 6) is -0.319. The van der Waals surface area contributed by atoms with Crippen LogP contribution in [0.1, 0.15) is 21.5 Å². The zero-order chi connectivity index (χ0) is 14.9. The van der Waals surface area contributed by atoms with Crippen LogP contribution in [0.4, 0.5) is 5.69 Å². The molecule has 0 aromatic heterocycles. The lowest BCUT2D eigenvalue weighted by atomic mass is 10.1. The van der Waals surface area contributed by atoms with Gasteiger partial charge in [0.15, 0.2) is 0 Å². The predicted molar refractivity (Wildman–Crippen MR) is 85.3 cm³/mol. The Labute approximate surface area is 132 Å². The third-order valence-electron chi connectivity index (χ3n) is 2.85. The minimum Gasteiger partial charge on any atom is -0.320 e. The lowest BCUT2D eigenvalue weighted by Gasteiger charge is -2.12. The highest BCUT2D eigenvalue weighted by Gasteiger charge is 2.14. The van der Waals surface area contributed by atoms with E-state index in [4.69, 9.17) is 34.8 Å². The molecule has 1 N–H and O–H groups in total. The smallest absolute Gasteiger partial charge is 0.257 e. The van der Waals surface area contributed by atoms with Gasteiger partial charge in [-0.05, 0) is 49.2 Å². The fourth-order valence-corrected chi connectivity index (χ4v) is 2.79. The van der Waals surface area contributed by atoms with E-state index in [9.17, 15) is 4.79 Å². The Morgan fingerprint density at radius 3 is 2.30 bits per heavy atom. The van der Waals surface area contributed by atoms with Gasteiger partial charge in [-0.3, -0.25) is 4.79 Å². The summed E-state index contributed by atoms with van der Waals surface area (Å²) in [4.78, 5) is 12.2. The summed E-state index contributed by atoms with van der Waals surface area (Å²) in [5.41, 5.74) is 2.88. The van der Waals surface area contributed by atoms with E-state index in [1.165, 1.54) is 6.07 Å². The number of carbonyl (C=O) groups excluding carboxylic acids is 1. The number of hydrogen-bond acceptors (Lipinski definition) is 1. The number of anilines is 1. The number of nitrogens with one attached hydrogen (secondary N) is 1. The number of rotatable bonds is 2. The minimum absolute atomic E-state index is 0.302. The maximum absolute atomic E-state index is 12.2. The summed E-state index contributed by atoms with van der Waals surface area (Å²) in [6.07, 6.45) is 0. The molecule has 1 amide bonds. The summed E-state index contributed by atoms with van der Waals surface area (Å²) >= 11 is 18.0. The molecule has 0 aliphatic carbocycles. The van der Waals surface area contributed by atoms with Gasteiger partial charge in [-0.2, -0.15) is 0 Å². The van der Waals surface area contributed by atoms with E-state index < -0.39 is 0 Å². The topological polar surface area (TPSA) is 29.1 Å². The molecule has 0 bridgehead atoms. The van der Waals surface area contributed by atoms with Gasteiger partial charge in [0.05, 0.1) is 21.3 Å². The van der Waals surface area contributed by atoms with E-state index in [1.54, 1.807) is 18.2 Å². The number of halogens is 3. The molecule has 104 valence electrons. The van der Waals surface area contributed by atoms with E-state index in [2.05, 4.69) is 5.32 Å². The average molecular weight is 329 g/mol. The highest BCUT2D eigenvalue weighted by Crippen LogP contribution is 2.29. The highest BCUT2D eigenvalue weighted by molar-refractivity contribution is 6.37. The predicted octanol–water partition coefficient (Wildman–Crippen LogP) is 5.52. The monoisotopic (exact) mass is 327 g/mol. The second-order valence-electron chi connectivity index (χ2n) is 4.52. The minimum atomic E-state index is -0.319. The van der Waals surface area contributed by atoms with Crippen LogP contribution in [0.5, 0.6) is 0 Å². The fourth-order valence-electron chi connectivity index (χ4n) is 1.93. The molecule has 0 aliphatic rings. The molecule has 0 fully saturated rings. The average Bonchev–Trinajstić information content (AvgIpc) is 2.33. The molecule has 2 aromatic carbocycles. The number of benzene rings is 2. The van der Waals surface area contributed by atoms with Gasteiger partial charge in [0.1, 0.15) is 0 Å². The zero-order valence-corrected chi connectivity index (χ0v) is 13.2. The van der Waals surface area contributed by atoms with Crippen molar-refractivity contribution in [3.63, 3.8) is 0 Å². The van der Waals surface area contributed by atoms with Gasteiger partial charge < -0.3 is 5.32 Å². The fraction of sp³-hybridized carbons (Fsp3) is 0.133. The SMILES string of the molecule is Cc1cc(C)c(NC(=O)c2ccc(Cl)cc2Cl)c(Cl)c1. The van der Waals surface area contributed by atoms with Crippen LogP contribution < -0.4 is 5.32 Å². The van der Waals surface area contributed by atoms with Gasteiger partial charge >= 0.3 is 0 Å². The van der Waals surface area contributed by atoms with Crippen molar-refractivity contribution < 1.29 is 4.79 Å². The normalized spacial score (nSPS) is 10.4. The molecular formula is C15H12Cl3NO. The van der Waals surface area contributed by atoms with Gasteiger partial charge in [-0.1, -0.05) is 40.9 Å². The molecule has 0 unspecified atom stereocenters. The molecule has 2 aromatic rings. The van der Waals surface area contributed by atoms with E-state index in [0.717, 1.165) is 11.1 Å². The van der Waals surface area contributed by atoms with E-state index in [0.29, 0.717) is 26.3 Å². The van der Waals surface area contributed by atoms with Crippen LogP contribution in [0, 0.1) is 13.8 Å². The summed E-state index contributed by atoms with van der Waals surface area (Å²) in [5, 5.41) is 4.07. The molecule has 2 nitrogen and oxygen atoms in total. The summed E-state index contributed by atoms with van der Waals surface area (Å²) in [6, 6.07) is 8.48. The van der Waals surface area contributed by atoms with Crippen LogP contribution in [0.2, 0.25) is 15.1 Å². The molecule has 0 aliphatic heterocycles. The Hall–Kier alpha value is -1.22. The van der Waals surface area contributed by atoms with Gasteiger partial charge in [0.25, 0.3) is 5.91 Å². The lowest BCUT2D eigenvalue weighted by molar-refractivity contribution is 0.102. The molecule has 0 spiro atoms. The van der Waals surface area contributed by atoms with Crippen LogP contribution in [0.3, 0.4) is 0 Å². The lowest BCUT2D eigenvalue weighted by Crippen LogP contribution is -2.13. The maximum atomic E-state index is 12.2. The first kappa shape index (κ1) is 15.2. The second-order valence-corrected chi connectivity index (χ2v) is 5.77. The third kappa shape index (κ3) is 3.26. The highest BCUT2D eigenvalue weighted by atomic mass is 35.5. The maximum Gasteiger partial charge on any atom is 0.257 e. The molecule has 0 radical (unpaired) electrons. The number of carbonyl (C=O) groups is 1. The first-order valence-corrected chi connectivity index (χ1v) is 7.05. The molecule has 0 heterocycles. The molecule has 0 saturated carbocycles. The Morgan fingerprint density at radius 1 is 1.00 bits per heavy atom. The molecular weight excluding hydrogens is 317 g/mol. The van der Waals surface area contributed by atoms with Crippen molar-refractivity contribution in [1.82, 2.24) is 0 Å². The summed E-state index contributed by atoms with van der Waals surface area (Å²) < 4.78 is 0. The van der Waals surface area contributed by atoms with Crippen LogP contribution in [-0.4, -0.2) is 5.91 Å². The van der Waals surface area contributed by atoms with Gasteiger partial charge in [0, 0.05) is 5.02 Å². The zero-order valence-electron chi connectivity index (χ0n) is 10.9. The third-order valence-corrected chi connectivity index (χ3v) is 3.69. The largest absolute Gasteiger partial charge is 0.320 e. The first-order chi connectivity index (χ1) is 9.38. The molecule has 5 heteroatoms.